The van der Waals surface area contributed by atoms with Gasteiger partial charge in [-0.3, -0.25) is 4.98 Å². The molecule has 0 radical (unpaired) electrons. The Morgan fingerprint density at radius 3 is 2.68 bits per heavy atom. The second-order valence-corrected chi connectivity index (χ2v) is 7.24. The largest absolute Gasteiger partial charge is 0.454 e. The molecule has 0 saturated carbocycles. The van der Waals surface area contributed by atoms with Crippen LogP contribution in [0.2, 0.25) is 0 Å². The van der Waals surface area contributed by atoms with Gasteiger partial charge in [0.25, 0.3) is 0 Å². The number of anilines is 1. The summed E-state index contributed by atoms with van der Waals surface area (Å²) in [5, 5.41) is 23.4. The number of benzene rings is 2. The summed E-state index contributed by atoms with van der Waals surface area (Å²) >= 11 is 0. The van der Waals surface area contributed by atoms with Crippen LogP contribution in [0.4, 0.5) is 18.9 Å². The molecule has 1 aliphatic heterocycles. The third-order valence-electron chi connectivity index (χ3n) is 5.23. The Morgan fingerprint density at radius 2 is 1.94 bits per heavy atom. The minimum atomic E-state index is -5.11. The number of aromatic nitrogens is 1. The molecule has 1 aliphatic rings. The number of nitrogens with one attached hydrogen (secondary N) is 1. The highest BCUT2D eigenvalue weighted by molar-refractivity contribution is 5.91. The monoisotopic (exact) mass is 429 g/mol. The number of rotatable bonds is 5. The summed E-state index contributed by atoms with van der Waals surface area (Å²) in [4.78, 5) is 4.40. The molecule has 0 amide bonds. The van der Waals surface area contributed by atoms with Crippen molar-refractivity contribution in [2.45, 2.75) is 31.2 Å². The lowest BCUT2D eigenvalue weighted by Gasteiger charge is -2.37. The van der Waals surface area contributed by atoms with Gasteiger partial charge in [0.1, 0.15) is 0 Å². The van der Waals surface area contributed by atoms with Gasteiger partial charge in [-0.25, -0.2) is 0 Å². The van der Waals surface area contributed by atoms with Crippen LogP contribution in [0.1, 0.15) is 23.7 Å². The normalized spacial score (nSPS) is 15.9. The summed E-state index contributed by atoms with van der Waals surface area (Å²) in [5.41, 5.74) is -1.71. The standard InChI is InChI=1S/C22H18F3N3O3/c1-13-8-9-14-16(27-13)5-3-6-17(14)28-20(21(29,10-11-26)22(23,24)25)15-4-2-7-18-19(15)31-12-30-18/h2-9,20,28-29H,10,12H2,1H3. The van der Waals surface area contributed by atoms with Crippen molar-refractivity contribution in [3.8, 4) is 17.6 Å². The van der Waals surface area contributed by atoms with E-state index in [-0.39, 0.29) is 23.9 Å². The first kappa shape index (κ1) is 20.8. The van der Waals surface area contributed by atoms with Crippen molar-refractivity contribution in [2.24, 2.45) is 0 Å². The number of para-hydroxylation sites is 1. The minimum absolute atomic E-state index is 0.0298. The number of nitrogens with zero attached hydrogens (tertiary/aromatic N) is 2. The quantitative estimate of drug-likeness (QED) is 0.615. The van der Waals surface area contributed by atoms with Gasteiger partial charge in [-0.2, -0.15) is 18.4 Å². The topological polar surface area (TPSA) is 87.4 Å². The molecule has 2 heterocycles. The van der Waals surface area contributed by atoms with Crippen molar-refractivity contribution in [3.05, 3.63) is 59.8 Å². The van der Waals surface area contributed by atoms with E-state index in [0.717, 1.165) is 5.69 Å². The van der Waals surface area contributed by atoms with Gasteiger partial charge in [0.05, 0.1) is 24.0 Å². The molecule has 2 unspecified atom stereocenters. The molecule has 0 spiro atoms. The number of alkyl halides is 3. The van der Waals surface area contributed by atoms with Crippen LogP contribution in [-0.2, 0) is 0 Å². The molecule has 6 nitrogen and oxygen atoms in total. The van der Waals surface area contributed by atoms with Crippen LogP contribution in [0.5, 0.6) is 11.5 Å². The van der Waals surface area contributed by atoms with Gasteiger partial charge in [0, 0.05) is 22.3 Å². The number of aliphatic hydroxyl groups is 1. The van der Waals surface area contributed by atoms with Crippen LogP contribution < -0.4 is 14.8 Å². The summed E-state index contributed by atoms with van der Waals surface area (Å²) in [6, 6.07) is 12.7. The van der Waals surface area contributed by atoms with Gasteiger partial charge in [-0.15, -0.1) is 0 Å². The maximum atomic E-state index is 14.1. The predicted octanol–water partition coefficient (Wildman–Crippen LogP) is 4.63. The number of aryl methyl sites for hydroxylation is 1. The van der Waals surface area contributed by atoms with E-state index in [1.165, 1.54) is 18.2 Å². The molecule has 0 saturated heterocycles. The molecule has 0 fully saturated rings. The Hall–Kier alpha value is -3.51. The number of pyridine rings is 1. The van der Waals surface area contributed by atoms with Crippen LogP contribution in [0.3, 0.4) is 0 Å². The summed E-state index contributed by atoms with van der Waals surface area (Å²) in [6.45, 7) is 1.65. The Labute approximate surface area is 175 Å². The molecule has 9 heteroatoms. The lowest BCUT2D eigenvalue weighted by molar-refractivity contribution is -0.264. The highest BCUT2D eigenvalue weighted by Crippen LogP contribution is 2.49. The predicted molar refractivity (Wildman–Crippen MR) is 107 cm³/mol. The van der Waals surface area contributed by atoms with E-state index < -0.39 is 24.2 Å². The van der Waals surface area contributed by atoms with Crippen molar-refractivity contribution in [3.63, 3.8) is 0 Å². The van der Waals surface area contributed by atoms with Gasteiger partial charge < -0.3 is 19.9 Å². The van der Waals surface area contributed by atoms with Crippen molar-refractivity contribution in [2.75, 3.05) is 12.1 Å². The van der Waals surface area contributed by atoms with Crippen molar-refractivity contribution < 1.29 is 27.8 Å². The number of hydrogen-bond donors (Lipinski definition) is 2. The fraction of sp³-hybridized carbons (Fsp3) is 0.273. The lowest BCUT2D eigenvalue weighted by atomic mass is 9.84. The highest BCUT2D eigenvalue weighted by atomic mass is 19.4. The summed E-state index contributed by atoms with van der Waals surface area (Å²) < 4.78 is 53.1. The highest BCUT2D eigenvalue weighted by Gasteiger charge is 2.60. The van der Waals surface area contributed by atoms with E-state index in [2.05, 4.69) is 10.3 Å². The third-order valence-corrected chi connectivity index (χ3v) is 5.23. The number of ether oxygens (including phenoxy) is 2. The van der Waals surface area contributed by atoms with Crippen LogP contribution in [0.15, 0.2) is 48.5 Å². The van der Waals surface area contributed by atoms with Gasteiger partial charge in [-0.05, 0) is 37.3 Å². The number of halogens is 3. The van der Waals surface area contributed by atoms with Gasteiger partial charge in [0.2, 0.25) is 6.79 Å². The van der Waals surface area contributed by atoms with Crippen LogP contribution in [-0.4, -0.2) is 28.7 Å². The second kappa shape index (κ2) is 7.63. The molecular formula is C22H18F3N3O3. The SMILES string of the molecule is Cc1ccc2c(NC(c3cccc4c3OCO4)C(O)(CC#N)C(F)(F)F)cccc2n1. The van der Waals surface area contributed by atoms with E-state index in [4.69, 9.17) is 14.7 Å². The summed E-state index contributed by atoms with van der Waals surface area (Å²) in [5.74, 6) is 0.357. The molecule has 2 N–H and O–H groups in total. The summed E-state index contributed by atoms with van der Waals surface area (Å²) in [7, 11) is 0. The smallest absolute Gasteiger partial charge is 0.420 e. The molecule has 2 atom stereocenters. The van der Waals surface area contributed by atoms with Crippen LogP contribution in [0.25, 0.3) is 10.9 Å². The van der Waals surface area contributed by atoms with Crippen molar-refractivity contribution in [1.82, 2.24) is 4.98 Å². The molecule has 0 bridgehead atoms. The zero-order valence-electron chi connectivity index (χ0n) is 16.4. The fourth-order valence-electron chi connectivity index (χ4n) is 3.66. The molecule has 4 rings (SSSR count). The van der Waals surface area contributed by atoms with Crippen molar-refractivity contribution in [1.29, 1.82) is 5.26 Å². The maximum absolute atomic E-state index is 14.1. The minimum Gasteiger partial charge on any atom is -0.454 e. The third kappa shape index (κ3) is 3.59. The second-order valence-electron chi connectivity index (χ2n) is 7.24. The van der Waals surface area contributed by atoms with E-state index in [9.17, 15) is 18.3 Å². The van der Waals surface area contributed by atoms with Gasteiger partial charge in [0.15, 0.2) is 17.1 Å². The average molecular weight is 429 g/mol. The molecule has 3 aromatic rings. The molecule has 31 heavy (non-hydrogen) atoms. The van der Waals surface area contributed by atoms with Crippen LogP contribution in [0, 0.1) is 18.3 Å². The Morgan fingerprint density at radius 1 is 1.16 bits per heavy atom. The zero-order chi connectivity index (χ0) is 22.2. The molecule has 1 aromatic heterocycles. The van der Waals surface area contributed by atoms with Gasteiger partial charge >= 0.3 is 6.18 Å². The number of nitriles is 1. The van der Waals surface area contributed by atoms with Crippen LogP contribution >= 0.6 is 0 Å². The average Bonchev–Trinajstić information content (AvgIpc) is 3.20. The van der Waals surface area contributed by atoms with E-state index in [1.54, 1.807) is 36.4 Å². The number of fused-ring (bicyclic) bond motifs is 2. The van der Waals surface area contributed by atoms with Gasteiger partial charge in [-0.1, -0.05) is 18.2 Å². The Kier molecular flexibility index (Phi) is 5.11. The van der Waals surface area contributed by atoms with E-state index in [1.807, 2.05) is 6.92 Å². The molecule has 160 valence electrons. The zero-order valence-corrected chi connectivity index (χ0v) is 16.4. The lowest BCUT2D eigenvalue weighted by Crippen LogP contribution is -2.52. The molecule has 2 aromatic carbocycles. The first-order valence-electron chi connectivity index (χ1n) is 9.42. The maximum Gasteiger partial charge on any atom is 0.420 e. The Balaban J connectivity index is 1.90. The summed E-state index contributed by atoms with van der Waals surface area (Å²) in [6.07, 6.45) is -6.29. The molecule has 0 aliphatic carbocycles. The first-order chi connectivity index (χ1) is 14.7. The Bertz CT molecular complexity index is 1180. The van der Waals surface area contributed by atoms with E-state index in [0.29, 0.717) is 16.6 Å². The molecular weight excluding hydrogens is 411 g/mol. The first-order valence-corrected chi connectivity index (χ1v) is 9.42. The van der Waals surface area contributed by atoms with Crippen molar-refractivity contribution >= 4 is 16.6 Å². The van der Waals surface area contributed by atoms with E-state index >= 15 is 0 Å². The fourth-order valence-corrected chi connectivity index (χ4v) is 3.66. The number of hydrogen-bond acceptors (Lipinski definition) is 6.